The zero-order valence-electron chi connectivity index (χ0n) is 10.4. The van der Waals surface area contributed by atoms with Crippen LogP contribution in [0.4, 0.5) is 5.69 Å². The van der Waals surface area contributed by atoms with Crippen molar-refractivity contribution in [3.05, 3.63) is 28.8 Å². The molecule has 0 aliphatic carbocycles. The first-order valence-electron chi connectivity index (χ1n) is 6.45. The van der Waals surface area contributed by atoms with Gasteiger partial charge in [-0.3, -0.25) is 9.59 Å². The molecule has 1 aromatic carbocycles. The molecule has 1 fully saturated rings. The average molecular weight is 280 g/mol. The number of halogens is 1. The molecule has 1 saturated heterocycles. The Morgan fingerprint density at radius 1 is 1.32 bits per heavy atom. The Kier molecular flexibility index (Phi) is 3.29. The van der Waals surface area contributed by atoms with Crippen LogP contribution in [0.15, 0.2) is 18.2 Å². The second kappa shape index (κ2) is 4.94. The number of hydrogen-bond acceptors (Lipinski definition) is 3. The highest BCUT2D eigenvalue weighted by atomic mass is 35.5. The van der Waals surface area contributed by atoms with E-state index in [1.54, 1.807) is 18.2 Å². The number of Topliss-reactive ketones (excluding diaryl/α,β-unsaturated/α-hetero) is 1. The Labute approximate surface area is 116 Å². The SMILES string of the molecule is O=C1C(=O)N(CC2CCCCO2)c2cccc(Cl)c21. The summed E-state index contributed by atoms with van der Waals surface area (Å²) in [4.78, 5) is 25.5. The predicted octanol–water partition coefficient (Wildman–Crippen LogP) is 2.44. The van der Waals surface area contributed by atoms with Crippen LogP contribution in [0.3, 0.4) is 0 Å². The summed E-state index contributed by atoms with van der Waals surface area (Å²) in [5.74, 6) is -1.02. The lowest BCUT2D eigenvalue weighted by molar-refractivity contribution is -0.114. The van der Waals surface area contributed by atoms with Crippen molar-refractivity contribution in [1.82, 2.24) is 0 Å². The Morgan fingerprint density at radius 3 is 2.89 bits per heavy atom. The number of ether oxygens (including phenoxy) is 1. The normalized spacial score (nSPS) is 22.8. The van der Waals surface area contributed by atoms with E-state index >= 15 is 0 Å². The first kappa shape index (κ1) is 12.6. The fraction of sp³-hybridized carbons (Fsp3) is 0.429. The highest BCUT2D eigenvalue weighted by Gasteiger charge is 2.38. The van der Waals surface area contributed by atoms with E-state index in [1.165, 1.54) is 4.90 Å². The molecule has 3 rings (SSSR count). The van der Waals surface area contributed by atoms with Gasteiger partial charge in [0.15, 0.2) is 0 Å². The van der Waals surface area contributed by atoms with Crippen LogP contribution in [0.1, 0.15) is 29.6 Å². The second-order valence-corrected chi connectivity index (χ2v) is 5.27. The van der Waals surface area contributed by atoms with Crippen molar-refractivity contribution in [2.24, 2.45) is 0 Å². The van der Waals surface area contributed by atoms with Crippen LogP contribution in [-0.4, -0.2) is 30.9 Å². The number of nitrogens with zero attached hydrogens (tertiary/aromatic N) is 1. The Balaban J connectivity index is 1.88. The van der Waals surface area contributed by atoms with Crippen LogP contribution in [0.5, 0.6) is 0 Å². The van der Waals surface area contributed by atoms with Crippen molar-refractivity contribution in [3.8, 4) is 0 Å². The number of hydrogen-bond donors (Lipinski definition) is 0. The van der Waals surface area contributed by atoms with Crippen LogP contribution in [0, 0.1) is 0 Å². The van der Waals surface area contributed by atoms with Gasteiger partial charge in [0, 0.05) is 6.61 Å². The van der Waals surface area contributed by atoms with E-state index in [-0.39, 0.29) is 6.10 Å². The summed E-state index contributed by atoms with van der Waals surface area (Å²) in [5.41, 5.74) is 0.932. The maximum Gasteiger partial charge on any atom is 0.299 e. The summed E-state index contributed by atoms with van der Waals surface area (Å²) in [6, 6.07) is 5.14. The van der Waals surface area contributed by atoms with E-state index in [0.717, 1.165) is 25.9 Å². The maximum absolute atomic E-state index is 12.1. The van der Waals surface area contributed by atoms with Crippen molar-refractivity contribution in [1.29, 1.82) is 0 Å². The molecule has 0 spiro atoms. The number of anilines is 1. The second-order valence-electron chi connectivity index (χ2n) is 4.87. The third-order valence-electron chi connectivity index (χ3n) is 3.61. The lowest BCUT2D eigenvalue weighted by atomic mass is 10.1. The highest BCUT2D eigenvalue weighted by molar-refractivity contribution is 6.55. The molecule has 1 unspecified atom stereocenters. The molecule has 5 heteroatoms. The number of ketones is 1. The van der Waals surface area contributed by atoms with Crippen LogP contribution < -0.4 is 4.90 Å². The topological polar surface area (TPSA) is 46.6 Å². The Bertz CT molecular complexity index is 537. The van der Waals surface area contributed by atoms with Gasteiger partial charge in [-0.2, -0.15) is 0 Å². The van der Waals surface area contributed by atoms with Gasteiger partial charge in [0.25, 0.3) is 11.7 Å². The number of fused-ring (bicyclic) bond motifs is 1. The van der Waals surface area contributed by atoms with Crippen LogP contribution in [0.2, 0.25) is 5.02 Å². The van der Waals surface area contributed by atoms with E-state index in [9.17, 15) is 9.59 Å². The maximum atomic E-state index is 12.1. The van der Waals surface area contributed by atoms with E-state index in [2.05, 4.69) is 0 Å². The van der Waals surface area contributed by atoms with Gasteiger partial charge in [-0.25, -0.2) is 0 Å². The molecule has 19 heavy (non-hydrogen) atoms. The summed E-state index contributed by atoms with van der Waals surface area (Å²) in [6.07, 6.45) is 3.10. The lowest BCUT2D eigenvalue weighted by Gasteiger charge is -2.27. The zero-order chi connectivity index (χ0) is 13.4. The summed E-state index contributed by atoms with van der Waals surface area (Å²) in [5, 5.41) is 0.336. The molecule has 1 aromatic rings. The smallest absolute Gasteiger partial charge is 0.299 e. The molecule has 0 bridgehead atoms. The number of carbonyl (C=O) groups is 2. The number of amides is 1. The molecule has 0 saturated carbocycles. The molecular weight excluding hydrogens is 266 g/mol. The molecule has 4 nitrogen and oxygen atoms in total. The Morgan fingerprint density at radius 2 is 2.16 bits per heavy atom. The summed E-state index contributed by atoms with van der Waals surface area (Å²) >= 11 is 6.01. The minimum Gasteiger partial charge on any atom is -0.376 e. The van der Waals surface area contributed by atoms with Crippen molar-refractivity contribution >= 4 is 29.0 Å². The van der Waals surface area contributed by atoms with Gasteiger partial charge in [0.1, 0.15) is 0 Å². The van der Waals surface area contributed by atoms with Gasteiger partial charge in [-0.1, -0.05) is 17.7 Å². The largest absolute Gasteiger partial charge is 0.376 e. The third-order valence-corrected chi connectivity index (χ3v) is 3.92. The third kappa shape index (κ3) is 2.15. The Hall–Kier alpha value is -1.39. The first-order chi connectivity index (χ1) is 9.18. The van der Waals surface area contributed by atoms with Crippen LogP contribution in [0.25, 0.3) is 0 Å². The molecule has 1 atom stereocenters. The molecule has 2 aliphatic rings. The minimum atomic E-state index is -0.517. The summed E-state index contributed by atoms with van der Waals surface area (Å²) in [6.45, 7) is 1.15. The average Bonchev–Trinajstić information content (AvgIpc) is 2.66. The van der Waals surface area contributed by atoms with Crippen molar-refractivity contribution < 1.29 is 14.3 Å². The minimum absolute atomic E-state index is 0.00966. The van der Waals surface area contributed by atoms with Gasteiger partial charge >= 0.3 is 0 Å². The number of benzene rings is 1. The molecule has 2 heterocycles. The molecular formula is C14H14ClNO3. The van der Waals surface area contributed by atoms with E-state index < -0.39 is 11.7 Å². The van der Waals surface area contributed by atoms with Crippen molar-refractivity contribution in [3.63, 3.8) is 0 Å². The monoisotopic (exact) mass is 279 g/mol. The standard InChI is InChI=1S/C14H14ClNO3/c15-10-5-3-6-11-12(10)13(17)14(18)16(11)8-9-4-1-2-7-19-9/h3,5-6,9H,1-2,4,7-8H2. The quantitative estimate of drug-likeness (QED) is 0.781. The molecule has 0 aromatic heterocycles. The van der Waals surface area contributed by atoms with Crippen LogP contribution >= 0.6 is 11.6 Å². The van der Waals surface area contributed by atoms with E-state index in [0.29, 0.717) is 22.8 Å². The van der Waals surface area contributed by atoms with E-state index in [1.807, 2.05) is 0 Å². The predicted molar refractivity (Wildman–Crippen MR) is 71.7 cm³/mol. The van der Waals surface area contributed by atoms with Gasteiger partial charge in [-0.15, -0.1) is 0 Å². The lowest BCUT2D eigenvalue weighted by Crippen LogP contribution is -2.39. The van der Waals surface area contributed by atoms with E-state index in [4.69, 9.17) is 16.3 Å². The van der Waals surface area contributed by atoms with Gasteiger partial charge in [-0.05, 0) is 31.4 Å². The van der Waals surface area contributed by atoms with Crippen molar-refractivity contribution in [2.75, 3.05) is 18.1 Å². The van der Waals surface area contributed by atoms with Gasteiger partial charge in [0.2, 0.25) is 0 Å². The summed E-state index contributed by atoms with van der Waals surface area (Å²) in [7, 11) is 0. The first-order valence-corrected chi connectivity index (χ1v) is 6.82. The molecule has 0 N–H and O–H groups in total. The van der Waals surface area contributed by atoms with Crippen LogP contribution in [-0.2, 0) is 9.53 Å². The fourth-order valence-corrected chi connectivity index (χ4v) is 2.89. The summed E-state index contributed by atoms with van der Waals surface area (Å²) < 4.78 is 5.63. The highest BCUT2D eigenvalue weighted by Crippen LogP contribution is 2.34. The van der Waals surface area contributed by atoms with Gasteiger partial charge in [0.05, 0.1) is 28.9 Å². The molecule has 1 amide bonds. The fourth-order valence-electron chi connectivity index (χ4n) is 2.64. The molecule has 0 radical (unpaired) electrons. The number of rotatable bonds is 2. The zero-order valence-corrected chi connectivity index (χ0v) is 11.2. The molecule has 2 aliphatic heterocycles. The molecule has 100 valence electrons. The van der Waals surface area contributed by atoms with Crippen molar-refractivity contribution in [2.45, 2.75) is 25.4 Å². The number of carbonyl (C=O) groups excluding carboxylic acids is 2. The van der Waals surface area contributed by atoms with Gasteiger partial charge < -0.3 is 9.64 Å².